The van der Waals surface area contributed by atoms with Crippen molar-refractivity contribution in [1.82, 2.24) is 5.32 Å². The van der Waals surface area contributed by atoms with Crippen LogP contribution in [0, 0.1) is 6.92 Å². The highest BCUT2D eigenvalue weighted by atomic mass is 19.3. The number of benzene rings is 1. The Morgan fingerprint density at radius 1 is 1.41 bits per heavy atom. The van der Waals surface area contributed by atoms with Gasteiger partial charge >= 0.3 is 0 Å². The third-order valence-electron chi connectivity index (χ3n) is 3.43. The number of halogens is 2. The van der Waals surface area contributed by atoms with Gasteiger partial charge in [0.15, 0.2) is 0 Å². The number of phenols is 1. The first-order valence-corrected chi connectivity index (χ1v) is 5.84. The van der Waals surface area contributed by atoms with Crippen LogP contribution in [0.3, 0.4) is 0 Å². The molecule has 17 heavy (non-hydrogen) atoms. The maximum absolute atomic E-state index is 12.2. The molecule has 0 aliphatic heterocycles. The van der Waals surface area contributed by atoms with Crippen LogP contribution in [0.2, 0.25) is 0 Å². The molecular weight excluding hydrogens is 224 g/mol. The highest BCUT2D eigenvalue weighted by molar-refractivity contribution is 5.50. The van der Waals surface area contributed by atoms with Gasteiger partial charge in [-0.15, -0.1) is 0 Å². The molecule has 0 amide bonds. The number of nitrogens with one attached hydrogen (secondary N) is 1. The van der Waals surface area contributed by atoms with Gasteiger partial charge in [-0.25, -0.2) is 8.78 Å². The quantitative estimate of drug-likeness (QED) is 0.852. The average Bonchev–Trinajstić information content (AvgIpc) is 2.59. The molecule has 0 aromatic heterocycles. The Balaban J connectivity index is 2.30. The summed E-state index contributed by atoms with van der Waals surface area (Å²) in [6.45, 7) is 3.73. The zero-order chi connectivity index (χ0) is 12.6. The fraction of sp³-hybridized carbons (Fsp3) is 0.538. The van der Waals surface area contributed by atoms with Crippen molar-refractivity contribution >= 4 is 0 Å². The Kier molecular flexibility index (Phi) is 3.33. The van der Waals surface area contributed by atoms with E-state index < -0.39 is 6.43 Å². The zero-order valence-corrected chi connectivity index (χ0v) is 10.0. The number of phenolic OH excluding ortho intramolecular Hbond substituents is 1. The third kappa shape index (κ3) is 2.27. The Morgan fingerprint density at radius 2 is 2.12 bits per heavy atom. The van der Waals surface area contributed by atoms with Gasteiger partial charge in [0.25, 0.3) is 6.43 Å². The summed E-state index contributed by atoms with van der Waals surface area (Å²) in [4.78, 5) is 0. The Bertz CT molecular complexity index is 420. The molecule has 1 aromatic rings. The van der Waals surface area contributed by atoms with Crippen LogP contribution in [0.5, 0.6) is 5.75 Å². The molecule has 1 aliphatic carbocycles. The van der Waals surface area contributed by atoms with Crippen molar-refractivity contribution in [3.8, 4) is 5.75 Å². The molecule has 0 fully saturated rings. The minimum atomic E-state index is -2.36. The van der Waals surface area contributed by atoms with Gasteiger partial charge in [-0.1, -0.05) is 13.0 Å². The Hall–Kier alpha value is -1.16. The van der Waals surface area contributed by atoms with Crippen LogP contribution in [0.25, 0.3) is 0 Å². The van der Waals surface area contributed by atoms with E-state index in [1.807, 2.05) is 13.0 Å². The molecule has 0 bridgehead atoms. The Morgan fingerprint density at radius 3 is 2.76 bits per heavy atom. The summed E-state index contributed by atoms with van der Waals surface area (Å²) in [6.07, 6.45) is -1.60. The number of aromatic hydroxyl groups is 1. The molecule has 2 N–H and O–H groups in total. The van der Waals surface area contributed by atoms with E-state index in [1.165, 1.54) is 0 Å². The first-order valence-electron chi connectivity index (χ1n) is 5.84. The highest BCUT2D eigenvalue weighted by Gasteiger charge is 2.32. The van der Waals surface area contributed by atoms with Crippen molar-refractivity contribution in [2.45, 2.75) is 38.7 Å². The van der Waals surface area contributed by atoms with Crippen LogP contribution in [-0.2, 0) is 0 Å². The zero-order valence-electron chi connectivity index (χ0n) is 10.0. The molecule has 1 aliphatic rings. The first kappa shape index (κ1) is 12.3. The second-order valence-corrected chi connectivity index (χ2v) is 4.72. The average molecular weight is 241 g/mol. The Labute approximate surface area is 99.7 Å². The highest BCUT2D eigenvalue weighted by Crippen LogP contribution is 2.45. The molecule has 0 saturated heterocycles. The monoisotopic (exact) mass is 241 g/mol. The van der Waals surface area contributed by atoms with Crippen LogP contribution in [0.4, 0.5) is 8.78 Å². The van der Waals surface area contributed by atoms with Crippen molar-refractivity contribution in [3.05, 3.63) is 28.8 Å². The summed E-state index contributed by atoms with van der Waals surface area (Å²) in [5.41, 5.74) is 3.03. The van der Waals surface area contributed by atoms with Gasteiger partial charge in [0.05, 0.1) is 6.54 Å². The lowest BCUT2D eigenvalue weighted by Crippen LogP contribution is -2.25. The molecule has 0 heterocycles. The van der Waals surface area contributed by atoms with Crippen LogP contribution in [0.1, 0.15) is 42.0 Å². The van der Waals surface area contributed by atoms with Crippen molar-refractivity contribution in [2.24, 2.45) is 0 Å². The predicted molar refractivity (Wildman–Crippen MR) is 62.6 cm³/mol. The number of rotatable bonds is 3. The van der Waals surface area contributed by atoms with Gasteiger partial charge in [0.1, 0.15) is 5.75 Å². The van der Waals surface area contributed by atoms with Gasteiger partial charge < -0.3 is 10.4 Å². The van der Waals surface area contributed by atoms with Crippen molar-refractivity contribution < 1.29 is 13.9 Å². The van der Waals surface area contributed by atoms with E-state index in [0.29, 0.717) is 5.92 Å². The van der Waals surface area contributed by atoms with Crippen LogP contribution >= 0.6 is 0 Å². The van der Waals surface area contributed by atoms with Gasteiger partial charge in [-0.05, 0) is 36.5 Å². The smallest absolute Gasteiger partial charge is 0.250 e. The molecule has 2 unspecified atom stereocenters. The molecule has 0 radical (unpaired) electrons. The van der Waals surface area contributed by atoms with Crippen LogP contribution < -0.4 is 5.32 Å². The number of hydrogen-bond donors (Lipinski definition) is 2. The van der Waals surface area contributed by atoms with Gasteiger partial charge in [-0.3, -0.25) is 0 Å². The second-order valence-electron chi connectivity index (χ2n) is 4.72. The fourth-order valence-corrected chi connectivity index (χ4v) is 2.76. The predicted octanol–water partition coefficient (Wildman–Crippen LogP) is 3.10. The molecule has 2 rings (SSSR count). The van der Waals surface area contributed by atoms with Gasteiger partial charge in [0, 0.05) is 11.6 Å². The van der Waals surface area contributed by atoms with Crippen LogP contribution in [0.15, 0.2) is 12.1 Å². The van der Waals surface area contributed by atoms with E-state index in [9.17, 15) is 13.9 Å². The molecule has 2 nitrogen and oxygen atoms in total. The third-order valence-corrected chi connectivity index (χ3v) is 3.43. The minimum Gasteiger partial charge on any atom is -0.508 e. The van der Waals surface area contributed by atoms with E-state index in [0.717, 1.165) is 23.1 Å². The minimum absolute atomic E-state index is 0.158. The van der Waals surface area contributed by atoms with E-state index in [-0.39, 0.29) is 18.3 Å². The number of alkyl halides is 2. The van der Waals surface area contributed by atoms with Gasteiger partial charge in [0.2, 0.25) is 0 Å². The molecule has 1 aromatic carbocycles. The molecule has 0 saturated carbocycles. The lowest BCUT2D eigenvalue weighted by Gasteiger charge is -2.15. The van der Waals surface area contributed by atoms with E-state index >= 15 is 0 Å². The lowest BCUT2D eigenvalue weighted by atomic mass is 9.97. The summed E-state index contributed by atoms with van der Waals surface area (Å²) in [7, 11) is 0. The van der Waals surface area contributed by atoms with Gasteiger partial charge in [-0.2, -0.15) is 0 Å². The molecule has 4 heteroatoms. The second kappa shape index (κ2) is 4.61. The topological polar surface area (TPSA) is 32.3 Å². The lowest BCUT2D eigenvalue weighted by molar-refractivity contribution is 0.141. The number of fused-ring (bicyclic) bond motifs is 1. The maximum atomic E-state index is 12.2. The molecular formula is C13H17F2NO. The first-order chi connectivity index (χ1) is 8.00. The number of aryl methyl sites for hydroxylation is 1. The summed E-state index contributed by atoms with van der Waals surface area (Å²) in [6, 6.07) is 3.36. The fourth-order valence-electron chi connectivity index (χ4n) is 2.76. The standard InChI is InChI=1S/C13H17F2NO/c1-7-3-4-10(17)13-9(16-6-11(14)15)5-8(2)12(7)13/h3-4,8-9,11,16-17H,5-6H2,1-2H3. The van der Waals surface area contributed by atoms with Crippen LogP contribution in [-0.4, -0.2) is 18.1 Å². The molecule has 94 valence electrons. The van der Waals surface area contributed by atoms with E-state index in [1.54, 1.807) is 6.07 Å². The summed E-state index contributed by atoms with van der Waals surface area (Å²) < 4.78 is 24.4. The summed E-state index contributed by atoms with van der Waals surface area (Å²) in [5.74, 6) is 0.508. The SMILES string of the molecule is Cc1ccc(O)c2c1C(C)CC2NCC(F)F. The molecule has 0 spiro atoms. The van der Waals surface area contributed by atoms with E-state index in [4.69, 9.17) is 0 Å². The summed E-state index contributed by atoms with van der Waals surface area (Å²) in [5, 5.41) is 12.7. The van der Waals surface area contributed by atoms with Crippen molar-refractivity contribution in [1.29, 1.82) is 0 Å². The van der Waals surface area contributed by atoms with Crippen molar-refractivity contribution in [2.75, 3.05) is 6.54 Å². The largest absolute Gasteiger partial charge is 0.508 e. The normalized spacial score (nSPS) is 23.1. The van der Waals surface area contributed by atoms with E-state index in [2.05, 4.69) is 12.2 Å². The summed E-state index contributed by atoms with van der Waals surface area (Å²) >= 11 is 0. The molecule has 2 atom stereocenters. The maximum Gasteiger partial charge on any atom is 0.250 e. The van der Waals surface area contributed by atoms with Crippen molar-refractivity contribution in [3.63, 3.8) is 0 Å². The number of hydrogen-bond acceptors (Lipinski definition) is 2.